The van der Waals surface area contributed by atoms with Crippen molar-refractivity contribution in [2.45, 2.75) is 0 Å². The molecule has 72 valence electrons. The van der Waals surface area contributed by atoms with Crippen molar-refractivity contribution < 1.29 is 0 Å². The third-order valence-electron chi connectivity index (χ3n) is 1.65. The zero-order valence-corrected chi connectivity index (χ0v) is 8.22. The predicted octanol–water partition coefficient (Wildman–Crippen LogP) is 1.39. The molecule has 0 aromatic rings. The number of nitrogens with two attached hydrogens (primary N) is 1. The van der Waals surface area contributed by atoms with E-state index in [1.54, 1.807) is 6.08 Å². The van der Waals surface area contributed by atoms with Crippen molar-refractivity contribution in [1.29, 1.82) is 0 Å². The van der Waals surface area contributed by atoms with Crippen LogP contribution in [0.5, 0.6) is 0 Å². The molecule has 0 unspecified atom stereocenters. The lowest BCUT2D eigenvalue weighted by Gasteiger charge is -1.99. The lowest BCUT2D eigenvalue weighted by Crippen LogP contribution is -2.09. The van der Waals surface area contributed by atoms with Gasteiger partial charge >= 0.3 is 0 Å². The molecule has 2 nitrogen and oxygen atoms in total. The number of allylic oxidation sites excluding steroid dienone is 2. The highest BCUT2D eigenvalue weighted by atomic mass is 14.8. The maximum Gasteiger partial charge on any atom is 0.0202 e. The van der Waals surface area contributed by atoms with Crippen molar-refractivity contribution >= 4 is 0 Å². The van der Waals surface area contributed by atoms with Gasteiger partial charge in [0.2, 0.25) is 0 Å². The molecule has 0 spiro atoms. The number of hydrogen-bond donors (Lipinski definition) is 2. The molecule has 2 heteroatoms. The lowest BCUT2D eigenvalue weighted by molar-refractivity contribution is 0.896. The molecule has 0 aromatic carbocycles. The second-order valence-corrected chi connectivity index (χ2v) is 2.63. The van der Waals surface area contributed by atoms with Gasteiger partial charge in [-0.1, -0.05) is 37.5 Å². The molecule has 3 N–H and O–H groups in total. The molecule has 0 saturated heterocycles. The molecule has 0 radical (unpaired) electrons. The molecule has 0 heterocycles. The first-order valence-electron chi connectivity index (χ1n) is 4.27. The maximum atomic E-state index is 5.47. The van der Waals surface area contributed by atoms with E-state index < -0.39 is 0 Å². The smallest absolute Gasteiger partial charge is 0.0202 e. The van der Waals surface area contributed by atoms with Crippen LogP contribution in [0.2, 0.25) is 0 Å². The van der Waals surface area contributed by atoms with E-state index in [0.717, 1.165) is 17.7 Å². The first-order valence-corrected chi connectivity index (χ1v) is 4.27. The lowest BCUT2D eigenvalue weighted by atomic mass is 10.2. The fraction of sp³-hybridized carbons (Fsp3) is 0.273. The van der Waals surface area contributed by atoms with Gasteiger partial charge in [-0.15, -0.1) is 0 Å². The molecular weight excluding hydrogens is 160 g/mol. The summed E-state index contributed by atoms with van der Waals surface area (Å²) in [7, 11) is 1.90. The normalized spacial score (nSPS) is 12.8. The van der Waals surface area contributed by atoms with Gasteiger partial charge < -0.3 is 11.1 Å². The minimum absolute atomic E-state index is 0.518. The average Bonchev–Trinajstić information content (AvgIpc) is 2.17. The molecule has 13 heavy (non-hydrogen) atoms. The van der Waals surface area contributed by atoms with Crippen LogP contribution in [0, 0.1) is 0 Å². The highest BCUT2D eigenvalue weighted by Gasteiger charge is 1.88. The van der Waals surface area contributed by atoms with E-state index in [-0.39, 0.29) is 0 Å². The van der Waals surface area contributed by atoms with Crippen molar-refractivity contribution in [2.75, 3.05) is 20.1 Å². The fourth-order valence-corrected chi connectivity index (χ4v) is 0.837. The second kappa shape index (κ2) is 7.53. The van der Waals surface area contributed by atoms with Crippen LogP contribution in [0.1, 0.15) is 0 Å². The van der Waals surface area contributed by atoms with Gasteiger partial charge in [0.25, 0.3) is 0 Å². The summed E-state index contributed by atoms with van der Waals surface area (Å²) < 4.78 is 0. The van der Waals surface area contributed by atoms with Crippen molar-refractivity contribution in [2.24, 2.45) is 5.73 Å². The van der Waals surface area contributed by atoms with E-state index in [2.05, 4.69) is 18.5 Å². The summed E-state index contributed by atoms with van der Waals surface area (Å²) >= 11 is 0. The summed E-state index contributed by atoms with van der Waals surface area (Å²) in [6.45, 7) is 8.71. The van der Waals surface area contributed by atoms with Crippen LogP contribution in [0.25, 0.3) is 0 Å². The monoisotopic (exact) mass is 178 g/mol. The van der Waals surface area contributed by atoms with Gasteiger partial charge in [0.1, 0.15) is 0 Å². The molecule has 0 aliphatic heterocycles. The summed E-state index contributed by atoms with van der Waals surface area (Å²) in [5, 5.41) is 3.05. The van der Waals surface area contributed by atoms with E-state index >= 15 is 0 Å². The largest absolute Gasteiger partial charge is 0.326 e. The molecule has 0 aliphatic carbocycles. The maximum absolute atomic E-state index is 5.47. The van der Waals surface area contributed by atoms with E-state index in [1.807, 2.05) is 25.3 Å². The Morgan fingerprint density at radius 1 is 1.23 bits per heavy atom. The first-order chi connectivity index (χ1) is 6.28. The van der Waals surface area contributed by atoms with Crippen LogP contribution in [-0.2, 0) is 0 Å². The van der Waals surface area contributed by atoms with Crippen LogP contribution in [0.15, 0.2) is 48.6 Å². The average molecular weight is 178 g/mol. The van der Waals surface area contributed by atoms with E-state index in [0.29, 0.717) is 6.54 Å². The van der Waals surface area contributed by atoms with Gasteiger partial charge in [-0.3, -0.25) is 0 Å². The zero-order chi connectivity index (χ0) is 10.1. The molecule has 0 fully saturated rings. The summed E-state index contributed by atoms with van der Waals surface area (Å²) in [4.78, 5) is 0. The summed E-state index contributed by atoms with van der Waals surface area (Å²) in [6.07, 6.45) is 7.54. The Bertz CT molecular complexity index is 224. The van der Waals surface area contributed by atoms with Crippen LogP contribution in [0.3, 0.4) is 0 Å². The highest BCUT2D eigenvalue weighted by molar-refractivity contribution is 5.29. The number of hydrogen-bond acceptors (Lipinski definition) is 2. The van der Waals surface area contributed by atoms with E-state index in [9.17, 15) is 0 Å². The van der Waals surface area contributed by atoms with Crippen LogP contribution in [0.4, 0.5) is 0 Å². The molecule has 0 aromatic heterocycles. The topological polar surface area (TPSA) is 38.0 Å². The molecular formula is C11H18N2. The summed E-state index contributed by atoms with van der Waals surface area (Å²) in [5.41, 5.74) is 7.63. The van der Waals surface area contributed by atoms with Crippen LogP contribution in [-0.4, -0.2) is 20.1 Å². The van der Waals surface area contributed by atoms with Gasteiger partial charge in [-0.05, 0) is 18.2 Å². The molecule has 0 bridgehead atoms. The Hall–Kier alpha value is -1.12. The Kier molecular flexibility index (Phi) is 6.88. The Morgan fingerprint density at radius 2 is 1.77 bits per heavy atom. The standard InChI is InChI=1S/C11H18N2/c1-4-10(8-12)6-7-11(5-2)9-13-3/h4-7,13H,1-2,8-9,12H2,3H3/b10-6+,11-7+. The summed E-state index contributed by atoms with van der Waals surface area (Å²) in [5.74, 6) is 0. The molecule has 0 amide bonds. The van der Waals surface area contributed by atoms with Crippen molar-refractivity contribution in [1.82, 2.24) is 5.32 Å². The Balaban J connectivity index is 4.40. The van der Waals surface area contributed by atoms with Gasteiger partial charge in [0.15, 0.2) is 0 Å². The van der Waals surface area contributed by atoms with Crippen LogP contribution < -0.4 is 11.1 Å². The fourth-order valence-electron chi connectivity index (χ4n) is 0.837. The third kappa shape index (κ3) is 5.17. The molecule has 0 saturated carbocycles. The molecule has 0 rings (SSSR count). The number of nitrogens with one attached hydrogen (secondary N) is 1. The van der Waals surface area contributed by atoms with E-state index in [1.165, 1.54) is 0 Å². The van der Waals surface area contributed by atoms with Crippen LogP contribution >= 0.6 is 0 Å². The van der Waals surface area contributed by atoms with Crippen molar-refractivity contribution in [3.05, 3.63) is 48.6 Å². The van der Waals surface area contributed by atoms with Gasteiger partial charge in [-0.2, -0.15) is 0 Å². The van der Waals surface area contributed by atoms with E-state index in [4.69, 9.17) is 5.73 Å². The number of likely N-dealkylation sites (N-methyl/N-ethyl adjacent to an activating group) is 1. The predicted molar refractivity (Wildman–Crippen MR) is 59.5 cm³/mol. The third-order valence-corrected chi connectivity index (χ3v) is 1.65. The van der Waals surface area contributed by atoms with Crippen molar-refractivity contribution in [3.8, 4) is 0 Å². The Morgan fingerprint density at radius 3 is 2.15 bits per heavy atom. The highest BCUT2D eigenvalue weighted by Crippen LogP contribution is 1.98. The van der Waals surface area contributed by atoms with Gasteiger partial charge in [0, 0.05) is 13.1 Å². The Labute approximate surface area is 80.5 Å². The molecule has 0 atom stereocenters. The zero-order valence-electron chi connectivity index (χ0n) is 8.22. The number of rotatable bonds is 6. The van der Waals surface area contributed by atoms with Gasteiger partial charge in [-0.25, -0.2) is 0 Å². The minimum atomic E-state index is 0.518. The molecule has 0 aliphatic rings. The first kappa shape index (κ1) is 11.9. The summed E-state index contributed by atoms with van der Waals surface area (Å²) in [6, 6.07) is 0. The SMILES string of the molecule is C=C/C(=C\C=C(/C=C)CNC)CN. The minimum Gasteiger partial charge on any atom is -0.326 e. The van der Waals surface area contributed by atoms with Crippen molar-refractivity contribution in [3.63, 3.8) is 0 Å². The van der Waals surface area contributed by atoms with Gasteiger partial charge in [0.05, 0.1) is 0 Å². The quantitative estimate of drug-likeness (QED) is 0.603. The second-order valence-electron chi connectivity index (χ2n) is 2.63.